The van der Waals surface area contributed by atoms with Crippen molar-refractivity contribution in [3.05, 3.63) is 65.7 Å². The van der Waals surface area contributed by atoms with E-state index in [0.29, 0.717) is 25.1 Å². The second kappa shape index (κ2) is 9.49. The maximum absolute atomic E-state index is 13.7. The van der Waals surface area contributed by atoms with Crippen molar-refractivity contribution in [2.24, 2.45) is 0 Å². The molecule has 2 aliphatic rings. The predicted octanol–water partition coefficient (Wildman–Crippen LogP) is 3.26. The molecule has 0 saturated carbocycles. The third-order valence-electron chi connectivity index (χ3n) is 7.01. The van der Waals surface area contributed by atoms with Crippen molar-refractivity contribution < 1.29 is 19.1 Å². The Bertz CT molecular complexity index is 1070. The quantitative estimate of drug-likeness (QED) is 0.713. The van der Waals surface area contributed by atoms with Crippen molar-refractivity contribution >= 4 is 17.7 Å². The standard InChI is InChI=1S/C27H33N3O4/c1-26(2,29-24(32)19-11-5-4-6-12-19)25(33)30-17-21(20-13-7-8-14-22(20)34-3)27(18-30)16-10-9-15-23(31)28-27/h4-8,11-14,21H,9-10,15-18H2,1-3H3,(H,28,31)(H,29,32)/t21-,27+/m0/s1. The molecule has 2 N–H and O–H groups in total. The van der Waals surface area contributed by atoms with Gasteiger partial charge in [-0.05, 0) is 44.9 Å². The van der Waals surface area contributed by atoms with Crippen LogP contribution in [-0.4, -0.2) is 53.9 Å². The highest BCUT2D eigenvalue weighted by Gasteiger charge is 2.52. The summed E-state index contributed by atoms with van der Waals surface area (Å²) in [6.07, 6.45) is 3.01. The summed E-state index contributed by atoms with van der Waals surface area (Å²) in [6.45, 7) is 4.28. The maximum Gasteiger partial charge on any atom is 0.252 e. The number of carbonyl (C=O) groups excluding carboxylic acids is 3. The number of para-hydroxylation sites is 1. The monoisotopic (exact) mass is 463 g/mol. The van der Waals surface area contributed by atoms with Crippen molar-refractivity contribution in [2.45, 2.75) is 56.5 Å². The van der Waals surface area contributed by atoms with Crippen molar-refractivity contribution in [3.8, 4) is 5.75 Å². The van der Waals surface area contributed by atoms with Crippen LogP contribution in [-0.2, 0) is 9.59 Å². The Morgan fingerprint density at radius 1 is 1.09 bits per heavy atom. The van der Waals surface area contributed by atoms with Gasteiger partial charge >= 0.3 is 0 Å². The van der Waals surface area contributed by atoms with Gasteiger partial charge in [0.1, 0.15) is 11.3 Å². The summed E-state index contributed by atoms with van der Waals surface area (Å²) in [5.41, 5.74) is -0.201. The highest BCUT2D eigenvalue weighted by Crippen LogP contribution is 2.44. The van der Waals surface area contributed by atoms with Gasteiger partial charge in [-0.3, -0.25) is 14.4 Å². The zero-order valence-corrected chi connectivity index (χ0v) is 20.1. The van der Waals surface area contributed by atoms with E-state index in [1.807, 2.05) is 30.3 Å². The highest BCUT2D eigenvalue weighted by atomic mass is 16.5. The van der Waals surface area contributed by atoms with Gasteiger partial charge in [0.25, 0.3) is 5.91 Å². The lowest BCUT2D eigenvalue weighted by atomic mass is 9.78. The second-order valence-corrected chi connectivity index (χ2v) is 9.84. The molecule has 0 bridgehead atoms. The number of hydrogen-bond donors (Lipinski definition) is 2. The topological polar surface area (TPSA) is 87.7 Å². The van der Waals surface area contributed by atoms with E-state index in [1.165, 1.54) is 0 Å². The Hall–Kier alpha value is -3.35. The van der Waals surface area contributed by atoms with Gasteiger partial charge in [0.2, 0.25) is 11.8 Å². The van der Waals surface area contributed by atoms with Crippen molar-refractivity contribution in [2.75, 3.05) is 20.2 Å². The zero-order chi connectivity index (χ0) is 24.3. The number of likely N-dealkylation sites (tertiary alicyclic amines) is 1. The summed E-state index contributed by atoms with van der Waals surface area (Å²) < 4.78 is 5.64. The smallest absolute Gasteiger partial charge is 0.252 e. The molecule has 7 heteroatoms. The van der Waals surface area contributed by atoms with Gasteiger partial charge in [-0.2, -0.15) is 0 Å². The van der Waals surface area contributed by atoms with Crippen LogP contribution >= 0.6 is 0 Å². The zero-order valence-electron chi connectivity index (χ0n) is 20.1. The fraction of sp³-hybridized carbons (Fsp3) is 0.444. The van der Waals surface area contributed by atoms with Crippen LogP contribution in [0.2, 0.25) is 0 Å². The first-order valence-corrected chi connectivity index (χ1v) is 11.9. The predicted molar refractivity (Wildman–Crippen MR) is 130 cm³/mol. The SMILES string of the molecule is COc1ccccc1[C@@H]1CN(C(=O)C(C)(C)NC(=O)c2ccccc2)C[C@]12CCCCC(=O)N2. The Kier molecular flexibility index (Phi) is 6.64. The van der Waals surface area contributed by atoms with Crippen LogP contribution in [0.4, 0.5) is 0 Å². The number of ether oxygens (including phenoxy) is 1. The molecule has 0 aliphatic carbocycles. The van der Waals surface area contributed by atoms with Gasteiger partial charge in [0.15, 0.2) is 0 Å². The van der Waals surface area contributed by atoms with Crippen molar-refractivity contribution in [1.29, 1.82) is 0 Å². The minimum Gasteiger partial charge on any atom is -0.496 e. The molecule has 2 heterocycles. The van der Waals surface area contributed by atoms with E-state index in [-0.39, 0.29) is 23.6 Å². The summed E-state index contributed by atoms with van der Waals surface area (Å²) in [4.78, 5) is 40.9. The Labute approximate surface area is 200 Å². The molecule has 1 spiro atoms. The molecule has 2 aromatic rings. The van der Waals surface area contributed by atoms with Gasteiger partial charge in [-0.15, -0.1) is 0 Å². The summed E-state index contributed by atoms with van der Waals surface area (Å²) >= 11 is 0. The molecule has 0 radical (unpaired) electrons. The number of nitrogens with one attached hydrogen (secondary N) is 2. The van der Waals surface area contributed by atoms with Crippen LogP contribution in [0.3, 0.4) is 0 Å². The fourth-order valence-electron chi connectivity index (χ4n) is 5.32. The highest BCUT2D eigenvalue weighted by molar-refractivity contribution is 5.99. The molecule has 2 atom stereocenters. The largest absolute Gasteiger partial charge is 0.496 e. The maximum atomic E-state index is 13.7. The van der Waals surface area contributed by atoms with Crippen molar-refractivity contribution in [3.63, 3.8) is 0 Å². The van der Waals surface area contributed by atoms with E-state index in [9.17, 15) is 14.4 Å². The molecule has 180 valence electrons. The average Bonchev–Trinajstić information content (AvgIpc) is 3.08. The van der Waals surface area contributed by atoms with Gasteiger partial charge in [0.05, 0.1) is 12.6 Å². The van der Waals surface area contributed by atoms with E-state index in [2.05, 4.69) is 10.6 Å². The molecule has 0 aromatic heterocycles. The van der Waals surface area contributed by atoms with Gasteiger partial charge in [-0.25, -0.2) is 0 Å². The molecule has 3 amide bonds. The summed E-state index contributed by atoms with van der Waals surface area (Å²) in [5, 5.41) is 6.18. The molecule has 2 aliphatic heterocycles. The van der Waals surface area contributed by atoms with Crippen LogP contribution in [0.5, 0.6) is 5.75 Å². The van der Waals surface area contributed by atoms with E-state index in [4.69, 9.17) is 4.74 Å². The molecule has 2 fully saturated rings. The number of benzene rings is 2. The number of carbonyl (C=O) groups is 3. The van der Waals surface area contributed by atoms with E-state index >= 15 is 0 Å². The summed E-state index contributed by atoms with van der Waals surface area (Å²) in [7, 11) is 1.64. The minimum absolute atomic E-state index is 0.0170. The van der Waals surface area contributed by atoms with Crippen LogP contribution in [0.25, 0.3) is 0 Å². The van der Waals surface area contributed by atoms with E-state index < -0.39 is 11.1 Å². The van der Waals surface area contributed by atoms with E-state index in [0.717, 1.165) is 30.6 Å². The molecule has 0 unspecified atom stereocenters. The van der Waals surface area contributed by atoms with Crippen LogP contribution < -0.4 is 15.4 Å². The Balaban J connectivity index is 1.63. The molecule has 7 nitrogen and oxygen atoms in total. The van der Waals surface area contributed by atoms with Crippen LogP contribution in [0, 0.1) is 0 Å². The number of rotatable bonds is 5. The van der Waals surface area contributed by atoms with Crippen molar-refractivity contribution in [1.82, 2.24) is 15.5 Å². The molecule has 2 aromatic carbocycles. The third-order valence-corrected chi connectivity index (χ3v) is 7.01. The minimum atomic E-state index is -1.11. The fourth-order valence-corrected chi connectivity index (χ4v) is 5.32. The first-order valence-electron chi connectivity index (χ1n) is 11.9. The normalized spacial score (nSPS) is 22.7. The number of hydrogen-bond acceptors (Lipinski definition) is 4. The third kappa shape index (κ3) is 4.65. The van der Waals surface area contributed by atoms with Gasteiger partial charge < -0.3 is 20.3 Å². The molecule has 4 rings (SSSR count). The average molecular weight is 464 g/mol. The lowest BCUT2D eigenvalue weighted by Gasteiger charge is -2.35. The summed E-state index contributed by atoms with van der Waals surface area (Å²) in [6, 6.07) is 16.7. The van der Waals surface area contributed by atoms with Gasteiger partial charge in [0, 0.05) is 36.6 Å². The number of nitrogens with zero attached hydrogens (tertiary/aromatic N) is 1. The van der Waals surface area contributed by atoms with Gasteiger partial charge in [-0.1, -0.05) is 42.8 Å². The molecule has 34 heavy (non-hydrogen) atoms. The lowest BCUT2D eigenvalue weighted by molar-refractivity contribution is -0.136. The number of amides is 3. The molecule has 2 saturated heterocycles. The second-order valence-electron chi connectivity index (χ2n) is 9.84. The Morgan fingerprint density at radius 2 is 1.79 bits per heavy atom. The molecular weight excluding hydrogens is 430 g/mol. The van der Waals surface area contributed by atoms with Crippen LogP contribution in [0.15, 0.2) is 54.6 Å². The molecular formula is C27H33N3O4. The lowest BCUT2D eigenvalue weighted by Crippen LogP contribution is -2.57. The van der Waals surface area contributed by atoms with Crippen LogP contribution in [0.1, 0.15) is 61.4 Å². The Morgan fingerprint density at radius 3 is 2.53 bits per heavy atom. The number of methoxy groups -OCH3 is 1. The first kappa shape index (κ1) is 23.8. The van der Waals surface area contributed by atoms with E-state index in [1.54, 1.807) is 50.1 Å². The summed E-state index contributed by atoms with van der Waals surface area (Å²) in [5.74, 6) is 0.180. The first-order chi connectivity index (χ1) is 16.3.